The molecule has 0 aromatic carbocycles. The average Bonchev–Trinajstić information content (AvgIpc) is 3.52. The predicted octanol–water partition coefficient (Wildman–Crippen LogP) is 2.68. The van der Waals surface area contributed by atoms with E-state index in [0.29, 0.717) is 42.1 Å². The van der Waals surface area contributed by atoms with Crippen molar-refractivity contribution in [1.29, 1.82) is 0 Å². The maximum atomic E-state index is 12.6. The maximum Gasteiger partial charge on any atom is 0.314 e. The van der Waals surface area contributed by atoms with Crippen LogP contribution in [-0.4, -0.2) is 56.2 Å². The van der Waals surface area contributed by atoms with Crippen molar-refractivity contribution in [3.05, 3.63) is 40.4 Å². The normalized spacial score (nSPS) is 15.8. The number of nitrogens with zero attached hydrogens (tertiary/aromatic N) is 5. The molecule has 0 bridgehead atoms. The van der Waals surface area contributed by atoms with Gasteiger partial charge < -0.3 is 20.7 Å². The zero-order valence-electron chi connectivity index (χ0n) is 21.6. The Labute approximate surface area is 220 Å². The Morgan fingerprint density at radius 3 is 2.73 bits per heavy atom. The van der Waals surface area contributed by atoms with Crippen molar-refractivity contribution in [2.75, 3.05) is 30.7 Å². The monoisotopic (exact) mass is 525 g/mol. The highest BCUT2D eigenvalue weighted by atomic mass is 32.1. The summed E-state index contributed by atoms with van der Waals surface area (Å²) in [7, 11) is 0. The number of allylic oxidation sites excluding steroid dienone is 1. The number of anilines is 2. The second-order valence-electron chi connectivity index (χ2n) is 8.98. The molecule has 10 nitrogen and oxygen atoms in total. The molecule has 1 saturated heterocycles. The molecule has 1 atom stereocenters. The van der Waals surface area contributed by atoms with Crippen LogP contribution < -0.4 is 20.9 Å². The number of aromatic nitrogens is 4. The molecule has 1 aliphatic rings. The Bertz CT molecular complexity index is 1340. The van der Waals surface area contributed by atoms with Gasteiger partial charge in [0.05, 0.1) is 34.3 Å². The van der Waals surface area contributed by atoms with E-state index in [1.807, 2.05) is 26.8 Å². The molecule has 3 N–H and O–H groups in total. The van der Waals surface area contributed by atoms with Crippen molar-refractivity contribution >= 4 is 58.2 Å². The molecule has 2 amide bonds. The van der Waals surface area contributed by atoms with Crippen LogP contribution in [0.15, 0.2) is 30.6 Å². The highest BCUT2D eigenvalue weighted by molar-refractivity contribution is 7.07. The molecular formula is C26H35N7O3S. The third-order valence-corrected chi connectivity index (χ3v) is 6.44. The molecule has 4 heterocycles. The number of carbonyl (C=O) groups is 2. The van der Waals surface area contributed by atoms with Gasteiger partial charge in [0.1, 0.15) is 11.3 Å². The maximum absolute atomic E-state index is 12.6. The van der Waals surface area contributed by atoms with E-state index >= 15 is 0 Å². The van der Waals surface area contributed by atoms with Crippen molar-refractivity contribution in [3.63, 3.8) is 0 Å². The first-order chi connectivity index (χ1) is 17.8. The fraction of sp³-hybridized carbons (Fsp3) is 0.423. The zero-order chi connectivity index (χ0) is 26.9. The average molecular weight is 526 g/mol. The summed E-state index contributed by atoms with van der Waals surface area (Å²) in [4.78, 5) is 34.9. The van der Waals surface area contributed by atoms with Crippen LogP contribution in [0.2, 0.25) is 0 Å². The minimum atomic E-state index is -0.701. The second-order valence-corrected chi connectivity index (χ2v) is 9.92. The van der Waals surface area contributed by atoms with Gasteiger partial charge >= 0.3 is 11.8 Å². The number of fused-ring (bicyclic) bond motifs is 1. The number of thiazole rings is 1. The van der Waals surface area contributed by atoms with E-state index in [1.165, 1.54) is 11.1 Å². The van der Waals surface area contributed by atoms with E-state index < -0.39 is 11.8 Å². The van der Waals surface area contributed by atoms with Crippen molar-refractivity contribution in [2.24, 2.45) is 5.92 Å². The predicted molar refractivity (Wildman–Crippen MR) is 148 cm³/mol. The van der Waals surface area contributed by atoms with E-state index in [-0.39, 0.29) is 12.1 Å². The Hall–Kier alpha value is -3.57. The highest BCUT2D eigenvalue weighted by Crippen LogP contribution is 2.32. The lowest BCUT2D eigenvalue weighted by Gasteiger charge is -2.24. The number of nitrogens with two attached hydrogens (primary N) is 1. The first kappa shape index (κ1) is 28.0. The summed E-state index contributed by atoms with van der Waals surface area (Å²) in [5, 5.41) is 8.65. The van der Waals surface area contributed by atoms with Crippen molar-refractivity contribution in [2.45, 2.75) is 46.3 Å². The summed E-state index contributed by atoms with van der Waals surface area (Å²) in [6.07, 6.45) is 9.28. The Kier molecular flexibility index (Phi) is 9.93. The Balaban J connectivity index is 0.000000356. The molecule has 0 aliphatic carbocycles. The number of nitrogen functional groups attached to an aromatic ring is 1. The van der Waals surface area contributed by atoms with Crippen LogP contribution in [0, 0.1) is 5.92 Å². The lowest BCUT2D eigenvalue weighted by Crippen LogP contribution is -2.41. The summed E-state index contributed by atoms with van der Waals surface area (Å²) in [6.45, 7) is 14.8. The minimum absolute atomic E-state index is 0.229. The Morgan fingerprint density at radius 2 is 2.14 bits per heavy atom. The van der Waals surface area contributed by atoms with E-state index in [4.69, 9.17) is 10.5 Å². The molecule has 1 aliphatic heterocycles. The van der Waals surface area contributed by atoms with Gasteiger partial charge in [-0.05, 0) is 38.2 Å². The summed E-state index contributed by atoms with van der Waals surface area (Å²) in [5.41, 5.74) is 8.78. The molecule has 3 aromatic heterocycles. The third kappa shape index (κ3) is 7.01. The van der Waals surface area contributed by atoms with Crippen molar-refractivity contribution in [1.82, 2.24) is 24.6 Å². The highest BCUT2D eigenvalue weighted by Gasteiger charge is 2.25. The number of ether oxygens (including phenoxy) is 1. The van der Waals surface area contributed by atoms with Crippen LogP contribution in [0.3, 0.4) is 0 Å². The number of carbonyl (C=O) groups excluding carboxylic acids is 2. The lowest BCUT2D eigenvalue weighted by atomic mass is 10.2. The van der Waals surface area contributed by atoms with Gasteiger partial charge in [0.15, 0.2) is 6.23 Å². The third-order valence-electron chi connectivity index (χ3n) is 5.73. The number of amides is 2. The van der Waals surface area contributed by atoms with E-state index in [1.54, 1.807) is 33.8 Å². The smallest absolute Gasteiger partial charge is 0.314 e. The van der Waals surface area contributed by atoms with E-state index in [2.05, 4.69) is 33.5 Å². The molecule has 198 valence electrons. The van der Waals surface area contributed by atoms with Crippen LogP contribution in [0.5, 0.6) is 0 Å². The summed E-state index contributed by atoms with van der Waals surface area (Å²) in [5.74, 6) is -0.684. The van der Waals surface area contributed by atoms with Gasteiger partial charge in [-0.25, -0.2) is 14.6 Å². The van der Waals surface area contributed by atoms with Gasteiger partial charge in [-0.1, -0.05) is 33.1 Å². The molecule has 37 heavy (non-hydrogen) atoms. The molecule has 1 unspecified atom stereocenters. The fourth-order valence-electron chi connectivity index (χ4n) is 3.95. The molecule has 1 fully saturated rings. The zero-order valence-corrected chi connectivity index (χ0v) is 22.5. The topological polar surface area (TPSA) is 128 Å². The van der Waals surface area contributed by atoms with Gasteiger partial charge in [0, 0.05) is 24.2 Å². The molecule has 0 saturated carbocycles. The first-order valence-electron chi connectivity index (χ1n) is 12.3. The van der Waals surface area contributed by atoms with Crippen LogP contribution in [0.25, 0.3) is 23.6 Å². The van der Waals surface area contributed by atoms with E-state index in [0.717, 1.165) is 29.1 Å². The molecular weight excluding hydrogens is 490 g/mol. The molecule has 0 spiro atoms. The number of pyridine rings is 1. The molecule has 11 heteroatoms. The second kappa shape index (κ2) is 13.1. The molecule has 4 rings (SSSR count). The number of likely N-dealkylation sites (N-methyl/N-ethyl adjacent to an activating group) is 1. The SMILES string of the molecule is C=C/C=c1/ncsc1=C.CCN(CC(C)C)C(=O)C(=O)Nc1cnc(N)c2cnn(C3CCCCO3)c12. The first-order valence-corrected chi connectivity index (χ1v) is 13.2. The number of rotatable bonds is 6. The lowest BCUT2D eigenvalue weighted by molar-refractivity contribution is -0.143. The summed E-state index contributed by atoms with van der Waals surface area (Å²) >= 11 is 1.54. The molecule has 0 radical (unpaired) electrons. The Morgan fingerprint density at radius 1 is 1.35 bits per heavy atom. The quantitative estimate of drug-likeness (QED) is 0.474. The van der Waals surface area contributed by atoms with Gasteiger partial charge in [0.2, 0.25) is 0 Å². The van der Waals surface area contributed by atoms with E-state index in [9.17, 15) is 9.59 Å². The van der Waals surface area contributed by atoms with Crippen LogP contribution >= 0.6 is 11.3 Å². The van der Waals surface area contributed by atoms with Gasteiger partial charge in [-0.15, -0.1) is 11.3 Å². The van der Waals surface area contributed by atoms with Crippen LogP contribution in [0.4, 0.5) is 11.5 Å². The van der Waals surface area contributed by atoms with Crippen LogP contribution in [0.1, 0.15) is 46.3 Å². The van der Waals surface area contributed by atoms with Crippen molar-refractivity contribution < 1.29 is 14.3 Å². The summed E-state index contributed by atoms with van der Waals surface area (Å²) in [6, 6.07) is 0. The number of hydrogen-bond acceptors (Lipinski definition) is 8. The minimum Gasteiger partial charge on any atom is -0.383 e. The van der Waals surface area contributed by atoms with Gasteiger partial charge in [-0.2, -0.15) is 5.10 Å². The fourth-order valence-corrected chi connectivity index (χ4v) is 4.49. The summed E-state index contributed by atoms with van der Waals surface area (Å²) < 4.78 is 8.54. The van der Waals surface area contributed by atoms with Gasteiger partial charge in [0.25, 0.3) is 0 Å². The standard InChI is InChI=1S/C19H28N6O3.C7H7NS/c1-4-24(11-12(2)3)19(27)18(26)23-14-10-21-17(20)13-9-22-25(16(13)14)15-7-5-6-8-28-15;1-3-4-7-6(2)9-5-8-7/h9-10,12,15H,4-8,11H2,1-3H3,(H2,20,21)(H,23,26);3-5H,1-2H2/b;7-4+. The van der Waals surface area contributed by atoms with Crippen LogP contribution in [-0.2, 0) is 14.3 Å². The largest absolute Gasteiger partial charge is 0.383 e. The van der Waals surface area contributed by atoms with Crippen molar-refractivity contribution in [3.8, 4) is 0 Å². The number of hydrogen-bond donors (Lipinski definition) is 2. The number of nitrogens with one attached hydrogen (secondary N) is 1. The van der Waals surface area contributed by atoms with Gasteiger partial charge in [-0.3, -0.25) is 9.59 Å². The molecule has 3 aromatic rings.